The second kappa shape index (κ2) is 5.54. The minimum Gasteiger partial charge on any atom is -0.368 e. The van der Waals surface area contributed by atoms with Crippen molar-refractivity contribution < 1.29 is 9.84 Å². The van der Waals surface area contributed by atoms with Gasteiger partial charge in [0.2, 0.25) is 0 Å². The van der Waals surface area contributed by atoms with Crippen LogP contribution in [0.2, 0.25) is 0 Å². The number of alkyl halides is 1. The molecule has 1 unspecified atom stereocenters. The number of rotatable bonds is 4. The van der Waals surface area contributed by atoms with E-state index in [2.05, 4.69) is 15.9 Å². The third-order valence-corrected chi connectivity index (χ3v) is 1.17. The average molecular weight is 183 g/mol. The summed E-state index contributed by atoms with van der Waals surface area (Å²) in [6.45, 7) is 2.44. The monoisotopic (exact) mass is 182 g/mol. The van der Waals surface area contributed by atoms with Gasteiger partial charge in [-0.2, -0.15) is 0 Å². The van der Waals surface area contributed by atoms with Crippen molar-refractivity contribution in [1.29, 1.82) is 0 Å². The first-order valence-corrected chi connectivity index (χ1v) is 3.79. The summed E-state index contributed by atoms with van der Waals surface area (Å²) in [4.78, 5) is 0. The standard InChI is InChI=1S/C5H11BrO2/c1-2-8-5(7)3-4-6/h5,7H,2-4H2,1H3. The van der Waals surface area contributed by atoms with Crippen molar-refractivity contribution in [3.05, 3.63) is 0 Å². The predicted octanol–water partition coefficient (Wildman–Crippen LogP) is 1.13. The average Bonchev–Trinajstić information content (AvgIpc) is 1.68. The van der Waals surface area contributed by atoms with Crippen LogP contribution in [0.1, 0.15) is 13.3 Å². The van der Waals surface area contributed by atoms with Crippen LogP contribution >= 0.6 is 15.9 Å². The molecule has 0 spiro atoms. The summed E-state index contributed by atoms with van der Waals surface area (Å²) in [6, 6.07) is 0. The lowest BCUT2D eigenvalue weighted by Gasteiger charge is -2.06. The largest absolute Gasteiger partial charge is 0.368 e. The Labute approximate surface area is 58.0 Å². The number of hydrogen-bond donors (Lipinski definition) is 1. The van der Waals surface area contributed by atoms with Gasteiger partial charge < -0.3 is 9.84 Å². The van der Waals surface area contributed by atoms with Gasteiger partial charge in [0.1, 0.15) is 0 Å². The first kappa shape index (κ1) is 8.40. The van der Waals surface area contributed by atoms with Crippen LogP contribution < -0.4 is 0 Å². The zero-order valence-electron chi connectivity index (χ0n) is 4.93. The SMILES string of the molecule is CCOC(O)CCBr. The Bertz CT molecular complexity index is 43.7. The van der Waals surface area contributed by atoms with Crippen LogP contribution in [0.4, 0.5) is 0 Å². The number of ether oxygens (including phenoxy) is 1. The molecule has 0 aliphatic heterocycles. The molecule has 50 valence electrons. The molecule has 0 aromatic rings. The van der Waals surface area contributed by atoms with Gasteiger partial charge in [-0.05, 0) is 6.92 Å². The summed E-state index contributed by atoms with van der Waals surface area (Å²) in [5.41, 5.74) is 0. The Balaban J connectivity index is 2.92. The number of hydrogen-bond acceptors (Lipinski definition) is 2. The summed E-state index contributed by atoms with van der Waals surface area (Å²) in [5.74, 6) is 0. The topological polar surface area (TPSA) is 29.5 Å². The van der Waals surface area contributed by atoms with Crippen molar-refractivity contribution in [1.82, 2.24) is 0 Å². The predicted molar refractivity (Wildman–Crippen MR) is 36.0 cm³/mol. The van der Waals surface area contributed by atoms with Crippen LogP contribution in [0.5, 0.6) is 0 Å². The van der Waals surface area contributed by atoms with Gasteiger partial charge in [0.25, 0.3) is 0 Å². The first-order valence-electron chi connectivity index (χ1n) is 2.67. The highest BCUT2D eigenvalue weighted by molar-refractivity contribution is 9.09. The molecule has 0 saturated heterocycles. The molecule has 0 amide bonds. The van der Waals surface area contributed by atoms with E-state index >= 15 is 0 Å². The summed E-state index contributed by atoms with van der Waals surface area (Å²) < 4.78 is 4.81. The van der Waals surface area contributed by atoms with Gasteiger partial charge in [-0.25, -0.2) is 0 Å². The zero-order chi connectivity index (χ0) is 6.41. The number of halogens is 1. The van der Waals surface area contributed by atoms with E-state index in [9.17, 15) is 0 Å². The maximum atomic E-state index is 8.80. The Hall–Kier alpha value is 0.400. The van der Waals surface area contributed by atoms with Crippen molar-refractivity contribution in [2.75, 3.05) is 11.9 Å². The smallest absolute Gasteiger partial charge is 0.155 e. The van der Waals surface area contributed by atoms with E-state index in [-0.39, 0.29) is 0 Å². The molecule has 0 aliphatic rings. The van der Waals surface area contributed by atoms with Crippen molar-refractivity contribution >= 4 is 15.9 Å². The Kier molecular flexibility index (Phi) is 5.81. The molecule has 0 heterocycles. The molecule has 2 nitrogen and oxygen atoms in total. The zero-order valence-corrected chi connectivity index (χ0v) is 6.52. The molecule has 1 atom stereocenters. The third-order valence-electron chi connectivity index (χ3n) is 0.715. The fourth-order valence-corrected chi connectivity index (χ4v) is 0.761. The van der Waals surface area contributed by atoms with E-state index in [1.165, 1.54) is 0 Å². The number of aliphatic hydroxyl groups is 1. The highest BCUT2D eigenvalue weighted by atomic mass is 79.9. The van der Waals surface area contributed by atoms with Gasteiger partial charge in [0.05, 0.1) is 0 Å². The Morgan fingerprint density at radius 2 is 2.38 bits per heavy atom. The van der Waals surface area contributed by atoms with Gasteiger partial charge in [-0.3, -0.25) is 0 Å². The molecular weight excluding hydrogens is 172 g/mol. The van der Waals surface area contributed by atoms with Gasteiger partial charge in [0.15, 0.2) is 6.29 Å². The summed E-state index contributed by atoms with van der Waals surface area (Å²) in [7, 11) is 0. The van der Waals surface area contributed by atoms with E-state index in [0.717, 1.165) is 5.33 Å². The van der Waals surface area contributed by atoms with E-state index in [4.69, 9.17) is 9.84 Å². The van der Waals surface area contributed by atoms with E-state index in [0.29, 0.717) is 13.0 Å². The second-order valence-corrected chi connectivity index (χ2v) is 2.18. The minimum absolute atomic E-state index is 0.578. The van der Waals surface area contributed by atoms with Gasteiger partial charge >= 0.3 is 0 Å². The van der Waals surface area contributed by atoms with Gasteiger partial charge in [-0.1, -0.05) is 15.9 Å². The lowest BCUT2D eigenvalue weighted by molar-refractivity contribution is -0.0944. The molecule has 1 N–H and O–H groups in total. The minimum atomic E-state index is -0.584. The second-order valence-electron chi connectivity index (χ2n) is 1.39. The molecular formula is C5H11BrO2. The van der Waals surface area contributed by atoms with Crippen molar-refractivity contribution in [2.24, 2.45) is 0 Å². The molecule has 3 heteroatoms. The van der Waals surface area contributed by atoms with Crippen LogP contribution in [0.25, 0.3) is 0 Å². The molecule has 0 rings (SSSR count). The first-order chi connectivity index (χ1) is 3.81. The maximum Gasteiger partial charge on any atom is 0.155 e. The highest BCUT2D eigenvalue weighted by Crippen LogP contribution is 1.96. The quantitative estimate of drug-likeness (QED) is 0.522. The van der Waals surface area contributed by atoms with Crippen LogP contribution in [-0.2, 0) is 4.74 Å². The maximum absolute atomic E-state index is 8.80. The third kappa shape index (κ3) is 4.56. The van der Waals surface area contributed by atoms with Gasteiger partial charge in [-0.15, -0.1) is 0 Å². The normalized spacial score (nSPS) is 13.9. The van der Waals surface area contributed by atoms with Gasteiger partial charge in [0, 0.05) is 18.4 Å². The van der Waals surface area contributed by atoms with E-state index in [1.54, 1.807) is 0 Å². The Morgan fingerprint density at radius 1 is 1.75 bits per heavy atom. The van der Waals surface area contributed by atoms with Crippen LogP contribution in [0.3, 0.4) is 0 Å². The van der Waals surface area contributed by atoms with Crippen LogP contribution in [0, 0.1) is 0 Å². The van der Waals surface area contributed by atoms with Crippen LogP contribution in [-0.4, -0.2) is 23.3 Å². The highest BCUT2D eigenvalue weighted by Gasteiger charge is 1.98. The van der Waals surface area contributed by atoms with Crippen molar-refractivity contribution in [3.63, 3.8) is 0 Å². The Morgan fingerprint density at radius 3 is 2.75 bits per heavy atom. The lowest BCUT2D eigenvalue weighted by Crippen LogP contribution is -2.11. The molecule has 8 heavy (non-hydrogen) atoms. The van der Waals surface area contributed by atoms with Crippen molar-refractivity contribution in [2.45, 2.75) is 19.6 Å². The lowest BCUT2D eigenvalue weighted by atomic mass is 10.5. The molecule has 0 aromatic heterocycles. The summed E-state index contributed by atoms with van der Waals surface area (Å²) >= 11 is 3.18. The summed E-state index contributed by atoms with van der Waals surface area (Å²) in [6.07, 6.45) is 0.0766. The fraction of sp³-hybridized carbons (Fsp3) is 1.00. The molecule has 0 fully saturated rings. The van der Waals surface area contributed by atoms with E-state index < -0.39 is 6.29 Å². The van der Waals surface area contributed by atoms with Crippen LogP contribution in [0.15, 0.2) is 0 Å². The van der Waals surface area contributed by atoms with Crippen molar-refractivity contribution in [3.8, 4) is 0 Å². The fourth-order valence-electron chi connectivity index (χ4n) is 0.369. The molecule has 0 aromatic carbocycles. The molecule has 0 aliphatic carbocycles. The molecule has 0 bridgehead atoms. The number of aliphatic hydroxyl groups excluding tert-OH is 1. The molecule has 0 saturated carbocycles. The van der Waals surface area contributed by atoms with E-state index in [1.807, 2.05) is 6.92 Å². The summed E-state index contributed by atoms with van der Waals surface area (Å²) in [5, 5.41) is 9.58. The molecule has 0 radical (unpaired) electrons.